The second kappa shape index (κ2) is 2.98. The summed E-state index contributed by atoms with van der Waals surface area (Å²) in [5.74, 6) is -0.997. The lowest BCUT2D eigenvalue weighted by Crippen LogP contribution is -2.37. The van der Waals surface area contributed by atoms with E-state index >= 15 is 0 Å². The Bertz CT molecular complexity index is 222. The van der Waals surface area contributed by atoms with Gasteiger partial charge in [0.15, 0.2) is 0 Å². The molecule has 0 saturated heterocycles. The van der Waals surface area contributed by atoms with Crippen LogP contribution in [0.2, 0.25) is 0 Å². The van der Waals surface area contributed by atoms with E-state index in [9.17, 15) is 9.90 Å². The van der Waals surface area contributed by atoms with Crippen LogP contribution in [-0.2, 0) is 4.79 Å². The molecule has 0 heterocycles. The van der Waals surface area contributed by atoms with Crippen molar-refractivity contribution in [3.8, 4) is 0 Å². The standard InChI is InChI=1S/C10H16O3/c11-8-4-2-6-10(8)5-1-3-7(10)9(12)13/h7-8,11H,1-6H2,(H,12,13). The molecule has 0 radical (unpaired) electrons. The highest BCUT2D eigenvalue weighted by molar-refractivity contribution is 5.71. The Morgan fingerprint density at radius 2 is 1.85 bits per heavy atom. The maximum atomic E-state index is 11.0. The van der Waals surface area contributed by atoms with Crippen molar-refractivity contribution < 1.29 is 15.0 Å². The van der Waals surface area contributed by atoms with Gasteiger partial charge in [-0.3, -0.25) is 4.79 Å². The first kappa shape index (κ1) is 9.00. The third-order valence-electron chi connectivity index (χ3n) is 3.91. The second-order valence-electron chi connectivity index (χ2n) is 4.42. The van der Waals surface area contributed by atoms with E-state index in [0.29, 0.717) is 0 Å². The number of aliphatic hydroxyl groups is 1. The fourth-order valence-corrected chi connectivity index (χ4v) is 3.24. The van der Waals surface area contributed by atoms with Gasteiger partial charge in [0.25, 0.3) is 0 Å². The lowest BCUT2D eigenvalue weighted by Gasteiger charge is -2.32. The summed E-state index contributed by atoms with van der Waals surface area (Å²) in [4.78, 5) is 11.0. The zero-order chi connectivity index (χ0) is 9.47. The SMILES string of the molecule is O=C(O)C1CCCC12CCCC2O. The molecule has 0 bridgehead atoms. The Balaban J connectivity index is 2.24. The fourth-order valence-electron chi connectivity index (χ4n) is 3.24. The number of hydrogen-bond acceptors (Lipinski definition) is 2. The minimum atomic E-state index is -0.710. The molecular formula is C10H16O3. The summed E-state index contributed by atoms with van der Waals surface area (Å²) in [6.07, 6.45) is 4.96. The first-order valence-corrected chi connectivity index (χ1v) is 5.08. The van der Waals surface area contributed by atoms with Gasteiger partial charge in [0.1, 0.15) is 0 Å². The quantitative estimate of drug-likeness (QED) is 0.647. The van der Waals surface area contributed by atoms with Gasteiger partial charge < -0.3 is 10.2 Å². The summed E-state index contributed by atoms with van der Waals surface area (Å²) >= 11 is 0. The van der Waals surface area contributed by atoms with E-state index in [0.717, 1.165) is 38.5 Å². The van der Waals surface area contributed by atoms with Gasteiger partial charge >= 0.3 is 5.97 Å². The molecule has 2 rings (SSSR count). The lowest BCUT2D eigenvalue weighted by atomic mass is 9.75. The van der Waals surface area contributed by atoms with Crippen LogP contribution in [0.3, 0.4) is 0 Å². The molecule has 2 N–H and O–H groups in total. The normalized spacial score (nSPS) is 44.4. The van der Waals surface area contributed by atoms with Gasteiger partial charge in [0.05, 0.1) is 12.0 Å². The van der Waals surface area contributed by atoms with Crippen molar-refractivity contribution in [2.45, 2.75) is 44.6 Å². The molecule has 2 aliphatic carbocycles. The largest absolute Gasteiger partial charge is 0.481 e. The van der Waals surface area contributed by atoms with Crippen LogP contribution in [0.4, 0.5) is 0 Å². The fraction of sp³-hybridized carbons (Fsp3) is 0.900. The lowest BCUT2D eigenvalue weighted by molar-refractivity contribution is -0.148. The molecule has 2 aliphatic rings. The number of aliphatic carboxylic acids is 1. The maximum absolute atomic E-state index is 11.0. The molecule has 3 atom stereocenters. The molecule has 0 aromatic rings. The summed E-state index contributed by atoms with van der Waals surface area (Å²) in [5, 5.41) is 18.9. The number of rotatable bonds is 1. The van der Waals surface area contributed by atoms with Crippen LogP contribution in [0.1, 0.15) is 38.5 Å². The molecule has 74 valence electrons. The minimum Gasteiger partial charge on any atom is -0.481 e. The topological polar surface area (TPSA) is 57.5 Å². The van der Waals surface area contributed by atoms with E-state index in [-0.39, 0.29) is 17.4 Å². The molecular weight excluding hydrogens is 168 g/mol. The summed E-state index contributed by atoms with van der Waals surface area (Å²) in [6, 6.07) is 0. The smallest absolute Gasteiger partial charge is 0.307 e. The van der Waals surface area contributed by atoms with E-state index in [1.165, 1.54) is 0 Å². The predicted octanol–water partition coefficient (Wildman–Crippen LogP) is 1.40. The first-order chi connectivity index (χ1) is 6.17. The van der Waals surface area contributed by atoms with Crippen LogP contribution in [-0.4, -0.2) is 22.3 Å². The van der Waals surface area contributed by atoms with E-state index < -0.39 is 5.97 Å². The number of carbonyl (C=O) groups is 1. The Labute approximate surface area is 77.8 Å². The highest BCUT2D eigenvalue weighted by Crippen LogP contribution is 2.54. The van der Waals surface area contributed by atoms with Crippen molar-refractivity contribution in [2.24, 2.45) is 11.3 Å². The van der Waals surface area contributed by atoms with Gasteiger partial charge in [-0.1, -0.05) is 12.8 Å². The van der Waals surface area contributed by atoms with Gasteiger partial charge in [-0.15, -0.1) is 0 Å². The van der Waals surface area contributed by atoms with Crippen molar-refractivity contribution in [3.05, 3.63) is 0 Å². The first-order valence-electron chi connectivity index (χ1n) is 5.08. The maximum Gasteiger partial charge on any atom is 0.307 e. The van der Waals surface area contributed by atoms with Crippen LogP contribution in [0.5, 0.6) is 0 Å². The van der Waals surface area contributed by atoms with Crippen LogP contribution < -0.4 is 0 Å². The summed E-state index contributed by atoms with van der Waals surface area (Å²) in [6.45, 7) is 0. The highest BCUT2D eigenvalue weighted by atomic mass is 16.4. The van der Waals surface area contributed by atoms with Crippen LogP contribution in [0.25, 0.3) is 0 Å². The third-order valence-corrected chi connectivity index (χ3v) is 3.91. The Kier molecular flexibility index (Phi) is 2.06. The van der Waals surface area contributed by atoms with Gasteiger partial charge in [0, 0.05) is 5.41 Å². The average Bonchev–Trinajstić information content (AvgIpc) is 2.62. The van der Waals surface area contributed by atoms with Crippen molar-refractivity contribution in [1.82, 2.24) is 0 Å². The van der Waals surface area contributed by atoms with Crippen molar-refractivity contribution in [1.29, 1.82) is 0 Å². The van der Waals surface area contributed by atoms with Crippen LogP contribution in [0, 0.1) is 11.3 Å². The third kappa shape index (κ3) is 1.17. The molecule has 13 heavy (non-hydrogen) atoms. The molecule has 2 saturated carbocycles. The molecule has 0 aliphatic heterocycles. The Morgan fingerprint density at radius 1 is 1.23 bits per heavy atom. The monoisotopic (exact) mass is 184 g/mol. The van der Waals surface area contributed by atoms with Gasteiger partial charge in [-0.05, 0) is 25.7 Å². The number of hydrogen-bond donors (Lipinski definition) is 2. The van der Waals surface area contributed by atoms with Crippen LogP contribution in [0.15, 0.2) is 0 Å². The Hall–Kier alpha value is -0.570. The zero-order valence-corrected chi connectivity index (χ0v) is 7.70. The van der Waals surface area contributed by atoms with E-state index in [4.69, 9.17) is 5.11 Å². The molecule has 0 aromatic carbocycles. The van der Waals surface area contributed by atoms with E-state index in [1.807, 2.05) is 0 Å². The van der Waals surface area contributed by atoms with Crippen molar-refractivity contribution in [3.63, 3.8) is 0 Å². The molecule has 3 nitrogen and oxygen atoms in total. The number of carboxylic acid groups (broad SMARTS) is 1. The summed E-state index contributed by atoms with van der Waals surface area (Å²) in [5.41, 5.74) is -0.258. The van der Waals surface area contributed by atoms with E-state index in [1.54, 1.807) is 0 Å². The predicted molar refractivity (Wildman–Crippen MR) is 47.3 cm³/mol. The van der Waals surface area contributed by atoms with Gasteiger partial charge in [0.2, 0.25) is 0 Å². The highest BCUT2D eigenvalue weighted by Gasteiger charge is 2.53. The second-order valence-corrected chi connectivity index (χ2v) is 4.42. The van der Waals surface area contributed by atoms with Crippen LogP contribution >= 0.6 is 0 Å². The van der Waals surface area contributed by atoms with Crippen molar-refractivity contribution >= 4 is 5.97 Å². The van der Waals surface area contributed by atoms with Gasteiger partial charge in [-0.2, -0.15) is 0 Å². The molecule has 0 aromatic heterocycles. The molecule has 2 fully saturated rings. The molecule has 3 heteroatoms. The van der Waals surface area contributed by atoms with Crippen molar-refractivity contribution in [2.75, 3.05) is 0 Å². The van der Waals surface area contributed by atoms with E-state index in [2.05, 4.69) is 0 Å². The average molecular weight is 184 g/mol. The number of carboxylic acids is 1. The number of aliphatic hydroxyl groups excluding tert-OH is 1. The zero-order valence-electron chi connectivity index (χ0n) is 7.70. The minimum absolute atomic E-state index is 0.258. The molecule has 1 spiro atoms. The summed E-state index contributed by atoms with van der Waals surface area (Å²) < 4.78 is 0. The molecule has 3 unspecified atom stereocenters. The van der Waals surface area contributed by atoms with Gasteiger partial charge in [-0.25, -0.2) is 0 Å². The molecule has 0 amide bonds. The summed E-state index contributed by atoms with van der Waals surface area (Å²) in [7, 11) is 0. The Morgan fingerprint density at radius 3 is 2.31 bits per heavy atom.